The Morgan fingerprint density at radius 2 is 2.25 bits per heavy atom. The number of rotatable bonds is 5. The van der Waals surface area contributed by atoms with Gasteiger partial charge in [-0.25, -0.2) is 0 Å². The molecule has 1 rings (SSSR count). The normalized spacial score (nSPS) is 9.88. The molecule has 0 spiro atoms. The van der Waals surface area contributed by atoms with Gasteiger partial charge in [0.25, 0.3) is 0 Å². The van der Waals surface area contributed by atoms with Gasteiger partial charge in [0, 0.05) is 4.88 Å². The van der Waals surface area contributed by atoms with Crippen molar-refractivity contribution in [2.24, 2.45) is 0 Å². The summed E-state index contributed by atoms with van der Waals surface area (Å²) in [5.74, 6) is -0.810. The van der Waals surface area contributed by atoms with Crippen LogP contribution in [0, 0.1) is 0 Å². The van der Waals surface area contributed by atoms with E-state index in [9.17, 15) is 9.59 Å². The van der Waals surface area contributed by atoms with Crippen LogP contribution in [0.3, 0.4) is 0 Å². The third kappa shape index (κ3) is 4.76. The first-order valence-corrected chi connectivity index (χ1v) is 6.39. The number of hydrogen-bond acceptors (Lipinski definition) is 4. The van der Waals surface area contributed by atoms with Crippen LogP contribution in [-0.2, 0) is 20.9 Å². The van der Waals surface area contributed by atoms with Crippen molar-refractivity contribution in [3.8, 4) is 0 Å². The van der Waals surface area contributed by atoms with Gasteiger partial charge in [-0.3, -0.25) is 9.59 Å². The summed E-state index contributed by atoms with van der Waals surface area (Å²) in [6.45, 7) is 2.44. The Hall–Kier alpha value is -0.880. The molecule has 16 heavy (non-hydrogen) atoms. The van der Waals surface area contributed by atoms with Gasteiger partial charge in [-0.05, 0) is 35.0 Å². The van der Waals surface area contributed by atoms with E-state index in [1.165, 1.54) is 0 Å². The predicted molar refractivity (Wildman–Crippen MR) is 65.1 cm³/mol. The second kappa shape index (κ2) is 6.65. The number of carbonyl (C=O) groups excluding carboxylic acids is 2. The molecular formula is C10H12BrNO3S. The first kappa shape index (κ1) is 13.2. The largest absolute Gasteiger partial charge is 0.466 e. The van der Waals surface area contributed by atoms with Crippen LogP contribution in [0.4, 0.5) is 0 Å². The van der Waals surface area contributed by atoms with Crippen molar-refractivity contribution in [1.82, 2.24) is 5.32 Å². The predicted octanol–water partition coefficient (Wildman–Crippen LogP) is 2.08. The molecule has 6 heteroatoms. The second-order valence-corrected chi connectivity index (χ2v) is 5.51. The number of amides is 1. The SMILES string of the molecule is CCOC(=O)CC(=O)NCc1ccc(Br)s1. The summed E-state index contributed by atoms with van der Waals surface area (Å²) < 4.78 is 5.68. The standard InChI is InChI=1S/C10H12BrNO3S/c1-2-15-10(14)5-9(13)12-6-7-3-4-8(11)16-7/h3-4H,2,5-6H2,1H3,(H,12,13). The molecule has 0 aliphatic heterocycles. The number of carbonyl (C=O) groups is 2. The van der Waals surface area contributed by atoms with Crippen LogP contribution >= 0.6 is 27.3 Å². The van der Waals surface area contributed by atoms with Crippen LogP contribution in [0.1, 0.15) is 18.2 Å². The fourth-order valence-electron chi connectivity index (χ4n) is 1.04. The lowest BCUT2D eigenvalue weighted by Crippen LogP contribution is -2.25. The van der Waals surface area contributed by atoms with Crippen LogP contribution in [0.2, 0.25) is 0 Å². The summed E-state index contributed by atoms with van der Waals surface area (Å²) in [5, 5.41) is 2.65. The maximum Gasteiger partial charge on any atom is 0.315 e. The zero-order valence-electron chi connectivity index (χ0n) is 8.79. The summed E-state index contributed by atoms with van der Waals surface area (Å²) in [6.07, 6.45) is -0.222. The Kier molecular flexibility index (Phi) is 5.48. The molecule has 1 amide bonds. The van der Waals surface area contributed by atoms with Gasteiger partial charge in [0.2, 0.25) is 5.91 Å². The Labute approximate surface area is 106 Å². The number of ether oxygens (including phenoxy) is 1. The minimum absolute atomic E-state index is 0.222. The first-order chi connectivity index (χ1) is 7.61. The molecule has 0 bridgehead atoms. The summed E-state index contributed by atoms with van der Waals surface area (Å²) in [5.41, 5.74) is 0. The van der Waals surface area contributed by atoms with Gasteiger partial charge in [0.05, 0.1) is 16.9 Å². The Bertz CT molecular complexity index is 378. The van der Waals surface area contributed by atoms with Crippen LogP contribution in [0.5, 0.6) is 0 Å². The monoisotopic (exact) mass is 305 g/mol. The van der Waals surface area contributed by atoms with Gasteiger partial charge in [0.15, 0.2) is 0 Å². The fourth-order valence-corrected chi connectivity index (χ4v) is 2.46. The minimum atomic E-state index is -0.493. The fraction of sp³-hybridized carbons (Fsp3) is 0.400. The highest BCUT2D eigenvalue weighted by atomic mass is 79.9. The summed E-state index contributed by atoms with van der Waals surface area (Å²) in [7, 11) is 0. The molecule has 1 N–H and O–H groups in total. The van der Waals surface area contributed by atoms with Gasteiger partial charge >= 0.3 is 5.97 Å². The number of halogens is 1. The summed E-state index contributed by atoms with van der Waals surface area (Å²) in [6, 6.07) is 3.83. The molecule has 0 saturated heterocycles. The van der Waals surface area contributed by atoms with Gasteiger partial charge in [-0.1, -0.05) is 0 Å². The summed E-state index contributed by atoms with van der Waals surface area (Å²) >= 11 is 4.88. The minimum Gasteiger partial charge on any atom is -0.466 e. The molecule has 88 valence electrons. The van der Waals surface area contributed by atoms with Gasteiger partial charge in [-0.15, -0.1) is 11.3 Å². The van der Waals surface area contributed by atoms with Gasteiger partial charge < -0.3 is 10.1 Å². The lowest BCUT2D eigenvalue weighted by Gasteiger charge is -2.03. The molecule has 1 aromatic heterocycles. The Morgan fingerprint density at radius 1 is 1.50 bits per heavy atom. The van der Waals surface area contributed by atoms with Gasteiger partial charge in [0.1, 0.15) is 6.42 Å². The van der Waals surface area contributed by atoms with Crippen molar-refractivity contribution in [3.63, 3.8) is 0 Å². The average Bonchev–Trinajstić information content (AvgIpc) is 2.61. The van der Waals surface area contributed by atoms with E-state index in [-0.39, 0.29) is 12.3 Å². The molecule has 0 aliphatic rings. The van der Waals surface area contributed by atoms with Crippen LogP contribution < -0.4 is 5.32 Å². The van der Waals surface area contributed by atoms with Crippen molar-refractivity contribution in [3.05, 3.63) is 20.8 Å². The van der Waals surface area contributed by atoms with Crippen molar-refractivity contribution in [1.29, 1.82) is 0 Å². The van der Waals surface area contributed by atoms with E-state index in [2.05, 4.69) is 26.0 Å². The number of esters is 1. The molecule has 0 aromatic carbocycles. The molecule has 0 unspecified atom stereocenters. The zero-order valence-corrected chi connectivity index (χ0v) is 11.2. The third-order valence-electron chi connectivity index (χ3n) is 1.70. The lowest BCUT2D eigenvalue weighted by molar-refractivity contribution is -0.145. The van der Waals surface area contributed by atoms with Crippen LogP contribution in [0.25, 0.3) is 0 Å². The average molecular weight is 306 g/mol. The maximum atomic E-state index is 11.3. The molecule has 0 fully saturated rings. The van der Waals surface area contributed by atoms with E-state index in [1.54, 1.807) is 18.3 Å². The molecule has 0 saturated carbocycles. The second-order valence-electron chi connectivity index (χ2n) is 2.96. The van der Waals surface area contributed by atoms with Crippen molar-refractivity contribution >= 4 is 39.1 Å². The zero-order chi connectivity index (χ0) is 12.0. The van der Waals surface area contributed by atoms with E-state index in [0.29, 0.717) is 13.2 Å². The van der Waals surface area contributed by atoms with Crippen LogP contribution in [0.15, 0.2) is 15.9 Å². The van der Waals surface area contributed by atoms with E-state index in [1.807, 2.05) is 12.1 Å². The molecule has 1 heterocycles. The van der Waals surface area contributed by atoms with Crippen molar-refractivity contribution < 1.29 is 14.3 Å². The number of thiophene rings is 1. The number of nitrogens with one attached hydrogen (secondary N) is 1. The van der Waals surface area contributed by atoms with Gasteiger partial charge in [-0.2, -0.15) is 0 Å². The van der Waals surface area contributed by atoms with Crippen LogP contribution in [-0.4, -0.2) is 18.5 Å². The molecule has 0 aliphatic carbocycles. The highest BCUT2D eigenvalue weighted by Gasteiger charge is 2.09. The molecule has 0 radical (unpaired) electrons. The third-order valence-corrected chi connectivity index (χ3v) is 3.32. The van der Waals surface area contributed by atoms with E-state index < -0.39 is 5.97 Å². The van der Waals surface area contributed by atoms with Crippen molar-refractivity contribution in [2.75, 3.05) is 6.61 Å². The summed E-state index contributed by atoms with van der Waals surface area (Å²) in [4.78, 5) is 23.3. The quantitative estimate of drug-likeness (QED) is 0.669. The highest BCUT2D eigenvalue weighted by Crippen LogP contribution is 2.21. The van der Waals surface area contributed by atoms with Crippen molar-refractivity contribution in [2.45, 2.75) is 19.9 Å². The number of hydrogen-bond donors (Lipinski definition) is 1. The first-order valence-electron chi connectivity index (χ1n) is 4.78. The molecule has 1 aromatic rings. The molecular weight excluding hydrogens is 294 g/mol. The van der Waals surface area contributed by atoms with E-state index in [0.717, 1.165) is 8.66 Å². The lowest BCUT2D eigenvalue weighted by atomic mass is 10.4. The molecule has 0 atom stereocenters. The maximum absolute atomic E-state index is 11.3. The smallest absolute Gasteiger partial charge is 0.315 e. The topological polar surface area (TPSA) is 55.4 Å². The Balaban J connectivity index is 2.27. The highest BCUT2D eigenvalue weighted by molar-refractivity contribution is 9.11. The van der Waals surface area contributed by atoms with E-state index in [4.69, 9.17) is 0 Å². The molecule has 4 nitrogen and oxygen atoms in total. The Morgan fingerprint density at radius 3 is 2.81 bits per heavy atom. The van der Waals surface area contributed by atoms with E-state index >= 15 is 0 Å².